The summed E-state index contributed by atoms with van der Waals surface area (Å²) in [7, 11) is 0. The van der Waals surface area contributed by atoms with Gasteiger partial charge in [-0.25, -0.2) is 0 Å². The lowest BCUT2D eigenvalue weighted by atomic mass is 9.80. The molecular formula is C25H31ClF3N3O3. The standard InChI is InChI=1S/C25H31ClF3N3O3/c26-21-10-9-19(24(35)30-12-16-3-1-15(2-4-16)11-22(33)34)20-13-31-32(23(20)21)14-17-5-7-18(8-6-17)25(27,28)29/h9-10,13,15-18H,1-8,11-12,14H2,(H,30,35)(H,33,34). The van der Waals surface area contributed by atoms with Crippen LogP contribution in [0.5, 0.6) is 0 Å². The molecule has 1 heterocycles. The van der Waals surface area contributed by atoms with Crippen molar-refractivity contribution < 1.29 is 27.9 Å². The van der Waals surface area contributed by atoms with E-state index in [-0.39, 0.29) is 37.0 Å². The zero-order valence-electron chi connectivity index (χ0n) is 19.5. The predicted octanol–water partition coefficient (Wildman–Crippen LogP) is 6.07. The van der Waals surface area contributed by atoms with Gasteiger partial charge in [-0.15, -0.1) is 0 Å². The molecule has 2 saturated carbocycles. The molecule has 35 heavy (non-hydrogen) atoms. The number of hydrogen-bond donors (Lipinski definition) is 2. The minimum atomic E-state index is -4.13. The number of carbonyl (C=O) groups is 2. The zero-order chi connectivity index (χ0) is 25.2. The first-order chi connectivity index (χ1) is 16.6. The van der Waals surface area contributed by atoms with Crippen molar-refractivity contribution in [3.8, 4) is 0 Å². The number of carbonyl (C=O) groups excluding carboxylic acids is 1. The molecule has 2 aliphatic rings. The van der Waals surface area contributed by atoms with Crippen molar-refractivity contribution in [1.82, 2.24) is 15.1 Å². The normalized spacial score (nSPS) is 25.5. The molecule has 1 aromatic carbocycles. The molecule has 4 rings (SSSR count). The number of aliphatic carboxylic acids is 1. The largest absolute Gasteiger partial charge is 0.481 e. The van der Waals surface area contributed by atoms with Crippen LogP contribution in [0.15, 0.2) is 18.3 Å². The molecule has 1 amide bonds. The monoisotopic (exact) mass is 513 g/mol. The molecule has 10 heteroatoms. The first-order valence-electron chi connectivity index (χ1n) is 12.3. The van der Waals surface area contributed by atoms with Gasteiger partial charge in [0, 0.05) is 24.9 Å². The van der Waals surface area contributed by atoms with E-state index in [1.807, 2.05) is 0 Å². The summed E-state index contributed by atoms with van der Waals surface area (Å²) in [5, 5.41) is 17.5. The Hall–Kier alpha value is -2.29. The summed E-state index contributed by atoms with van der Waals surface area (Å²) in [6, 6.07) is 3.33. The van der Waals surface area contributed by atoms with Crippen LogP contribution in [0.25, 0.3) is 10.9 Å². The van der Waals surface area contributed by atoms with Gasteiger partial charge < -0.3 is 10.4 Å². The maximum absolute atomic E-state index is 13.0. The first-order valence-corrected chi connectivity index (χ1v) is 12.7. The van der Waals surface area contributed by atoms with E-state index in [2.05, 4.69) is 10.4 Å². The lowest BCUT2D eigenvalue weighted by Crippen LogP contribution is -2.31. The Balaban J connectivity index is 1.37. The van der Waals surface area contributed by atoms with E-state index in [1.54, 1.807) is 23.0 Å². The molecule has 2 fully saturated rings. The highest BCUT2D eigenvalue weighted by Crippen LogP contribution is 2.40. The number of benzene rings is 1. The van der Waals surface area contributed by atoms with Crippen LogP contribution in [0, 0.1) is 23.7 Å². The van der Waals surface area contributed by atoms with Crippen LogP contribution in [0.3, 0.4) is 0 Å². The van der Waals surface area contributed by atoms with E-state index in [0.29, 0.717) is 53.3 Å². The molecule has 2 aromatic rings. The van der Waals surface area contributed by atoms with Gasteiger partial charge in [0.25, 0.3) is 5.91 Å². The first kappa shape index (κ1) is 25.8. The Morgan fingerprint density at radius 3 is 2.29 bits per heavy atom. The number of halogens is 4. The third-order valence-electron chi connectivity index (χ3n) is 7.72. The number of aromatic nitrogens is 2. The summed E-state index contributed by atoms with van der Waals surface area (Å²) in [5.41, 5.74) is 1.10. The van der Waals surface area contributed by atoms with Gasteiger partial charge in [-0.05, 0) is 81.3 Å². The number of carboxylic acids is 1. The van der Waals surface area contributed by atoms with Crippen molar-refractivity contribution in [1.29, 1.82) is 0 Å². The molecule has 2 aliphatic carbocycles. The van der Waals surface area contributed by atoms with Gasteiger partial charge in [-0.1, -0.05) is 11.6 Å². The highest BCUT2D eigenvalue weighted by atomic mass is 35.5. The number of nitrogens with one attached hydrogen (secondary N) is 1. The van der Waals surface area contributed by atoms with Crippen LogP contribution in [0.4, 0.5) is 13.2 Å². The number of nitrogens with zero attached hydrogens (tertiary/aromatic N) is 2. The number of amides is 1. The van der Waals surface area contributed by atoms with Crippen LogP contribution in [0.1, 0.15) is 68.1 Å². The predicted molar refractivity (Wildman–Crippen MR) is 126 cm³/mol. The van der Waals surface area contributed by atoms with E-state index >= 15 is 0 Å². The van der Waals surface area contributed by atoms with Gasteiger partial charge >= 0.3 is 12.1 Å². The quantitative estimate of drug-likeness (QED) is 0.470. The molecule has 6 nitrogen and oxygen atoms in total. The Labute approximate surface area is 207 Å². The van der Waals surface area contributed by atoms with Gasteiger partial charge in [0.2, 0.25) is 0 Å². The molecule has 1 aromatic heterocycles. The minimum Gasteiger partial charge on any atom is -0.481 e. The number of carboxylic acid groups (broad SMARTS) is 1. The molecule has 0 spiro atoms. The summed E-state index contributed by atoms with van der Waals surface area (Å²) in [5.74, 6) is -1.58. The summed E-state index contributed by atoms with van der Waals surface area (Å²) >= 11 is 6.45. The van der Waals surface area contributed by atoms with Crippen molar-refractivity contribution in [2.24, 2.45) is 23.7 Å². The fourth-order valence-electron chi connectivity index (χ4n) is 5.63. The van der Waals surface area contributed by atoms with Crippen molar-refractivity contribution >= 4 is 34.4 Å². The van der Waals surface area contributed by atoms with E-state index in [9.17, 15) is 22.8 Å². The lowest BCUT2D eigenvalue weighted by Gasteiger charge is -2.29. The SMILES string of the molecule is O=C(O)CC1CCC(CNC(=O)c2ccc(Cl)c3c2cnn3CC2CCC(C(F)(F)F)CC2)CC1. The van der Waals surface area contributed by atoms with Crippen molar-refractivity contribution in [3.63, 3.8) is 0 Å². The second-order valence-electron chi connectivity index (χ2n) is 10.1. The molecule has 0 unspecified atom stereocenters. The van der Waals surface area contributed by atoms with Gasteiger partial charge in [-0.2, -0.15) is 18.3 Å². The van der Waals surface area contributed by atoms with Gasteiger partial charge in [0.1, 0.15) is 0 Å². The van der Waals surface area contributed by atoms with Crippen LogP contribution < -0.4 is 5.32 Å². The summed E-state index contributed by atoms with van der Waals surface area (Å²) in [6.07, 6.45) is 2.41. The van der Waals surface area contributed by atoms with E-state index in [1.165, 1.54) is 0 Å². The minimum absolute atomic E-state index is 0.0847. The van der Waals surface area contributed by atoms with Crippen LogP contribution in [-0.4, -0.2) is 39.5 Å². The molecule has 2 N–H and O–H groups in total. The van der Waals surface area contributed by atoms with E-state index < -0.39 is 18.1 Å². The second-order valence-corrected chi connectivity index (χ2v) is 10.5. The van der Waals surface area contributed by atoms with Crippen LogP contribution in [-0.2, 0) is 11.3 Å². The van der Waals surface area contributed by atoms with Gasteiger partial charge in [0.05, 0.1) is 28.2 Å². The Bertz CT molecular complexity index is 1060. The lowest BCUT2D eigenvalue weighted by molar-refractivity contribution is -0.184. The summed E-state index contributed by atoms with van der Waals surface area (Å²) in [4.78, 5) is 23.9. The molecule has 192 valence electrons. The van der Waals surface area contributed by atoms with Crippen LogP contribution in [0.2, 0.25) is 5.02 Å². The summed E-state index contributed by atoms with van der Waals surface area (Å²) in [6.45, 7) is 0.998. The average molecular weight is 514 g/mol. The second kappa shape index (κ2) is 10.8. The molecule has 0 radical (unpaired) electrons. The highest BCUT2D eigenvalue weighted by Gasteiger charge is 2.41. The average Bonchev–Trinajstić information content (AvgIpc) is 3.22. The third-order valence-corrected chi connectivity index (χ3v) is 8.02. The van der Waals surface area contributed by atoms with E-state index in [0.717, 1.165) is 25.7 Å². The number of rotatable bonds is 7. The molecular weight excluding hydrogens is 483 g/mol. The summed E-state index contributed by atoms with van der Waals surface area (Å²) < 4.78 is 40.6. The van der Waals surface area contributed by atoms with Crippen molar-refractivity contribution in [2.45, 2.75) is 70.5 Å². The number of fused-ring (bicyclic) bond motifs is 1. The Morgan fingerprint density at radius 1 is 1.03 bits per heavy atom. The van der Waals surface area contributed by atoms with Gasteiger partial charge in [-0.3, -0.25) is 14.3 Å². The van der Waals surface area contributed by atoms with Gasteiger partial charge in [0.15, 0.2) is 0 Å². The topological polar surface area (TPSA) is 84.2 Å². The van der Waals surface area contributed by atoms with E-state index in [4.69, 9.17) is 16.7 Å². The molecule has 0 aliphatic heterocycles. The van der Waals surface area contributed by atoms with Crippen molar-refractivity contribution in [2.75, 3.05) is 6.54 Å². The maximum atomic E-state index is 13.0. The number of hydrogen-bond acceptors (Lipinski definition) is 3. The third kappa shape index (κ3) is 6.29. The van der Waals surface area contributed by atoms with Crippen molar-refractivity contribution in [3.05, 3.63) is 28.9 Å². The Kier molecular flexibility index (Phi) is 7.93. The zero-order valence-corrected chi connectivity index (χ0v) is 20.2. The fraction of sp³-hybridized carbons (Fsp3) is 0.640. The molecule has 0 saturated heterocycles. The molecule has 0 atom stereocenters. The van der Waals surface area contributed by atoms with Crippen LogP contribution >= 0.6 is 11.6 Å². The Morgan fingerprint density at radius 2 is 1.66 bits per heavy atom. The number of alkyl halides is 3. The fourth-order valence-corrected chi connectivity index (χ4v) is 5.89. The smallest absolute Gasteiger partial charge is 0.391 e. The highest BCUT2D eigenvalue weighted by molar-refractivity contribution is 6.35. The maximum Gasteiger partial charge on any atom is 0.391 e. The molecule has 0 bridgehead atoms.